The number of benzene rings is 1. The second-order valence-corrected chi connectivity index (χ2v) is 5.12. The highest BCUT2D eigenvalue weighted by Gasteiger charge is 2.19. The van der Waals surface area contributed by atoms with Crippen LogP contribution in [0.1, 0.15) is 31.7 Å². The van der Waals surface area contributed by atoms with Crippen molar-refractivity contribution in [3.63, 3.8) is 0 Å². The first-order valence-corrected chi connectivity index (χ1v) is 6.87. The topological polar surface area (TPSA) is 33.2 Å². The van der Waals surface area contributed by atoms with Gasteiger partial charge in [-0.3, -0.25) is 0 Å². The van der Waals surface area contributed by atoms with Crippen molar-refractivity contribution in [2.75, 3.05) is 13.1 Å². The molecule has 3 nitrogen and oxygen atoms in total. The predicted octanol–water partition coefficient (Wildman–Crippen LogP) is 2.80. The molecule has 19 heavy (non-hydrogen) atoms. The van der Waals surface area contributed by atoms with Gasteiger partial charge in [0, 0.05) is 25.2 Å². The average Bonchev–Trinajstić information content (AvgIpc) is 2.47. The van der Waals surface area contributed by atoms with Crippen LogP contribution in [0.25, 0.3) is 11.0 Å². The van der Waals surface area contributed by atoms with E-state index in [-0.39, 0.29) is 5.63 Å². The number of rotatable bonds is 1. The third-order valence-corrected chi connectivity index (χ3v) is 3.86. The van der Waals surface area contributed by atoms with Gasteiger partial charge in [0.2, 0.25) is 0 Å². The van der Waals surface area contributed by atoms with Gasteiger partial charge in [-0.25, -0.2) is 9.37 Å². The maximum Gasteiger partial charge on any atom is 0.349 e. The van der Waals surface area contributed by atoms with Crippen molar-refractivity contribution in [2.45, 2.75) is 26.2 Å². The minimum Gasteiger partial charge on any atom is -0.422 e. The van der Waals surface area contributed by atoms with E-state index in [1.54, 1.807) is 0 Å². The number of hydrogen-bond acceptors (Lipinski definition) is 2. The first-order valence-electron chi connectivity index (χ1n) is 6.87. The largest absolute Gasteiger partial charge is 0.422 e. The van der Waals surface area contributed by atoms with E-state index in [1.165, 1.54) is 19.3 Å². The smallest absolute Gasteiger partial charge is 0.349 e. The molecule has 0 spiro atoms. The van der Waals surface area contributed by atoms with Crippen molar-refractivity contribution >= 4 is 16.7 Å². The number of fused-ring (bicyclic) bond motifs is 1. The molecule has 1 aliphatic heterocycles. The monoisotopic (exact) mass is 256 g/mol. The maximum atomic E-state index is 12.1. The van der Waals surface area contributed by atoms with Crippen LogP contribution in [0, 0.1) is 0 Å². The molecule has 0 N–H and O–H groups in total. The third kappa shape index (κ3) is 2.33. The van der Waals surface area contributed by atoms with E-state index < -0.39 is 0 Å². The van der Waals surface area contributed by atoms with Crippen LogP contribution in [0.2, 0.25) is 0 Å². The second kappa shape index (κ2) is 5.00. The molecule has 1 fully saturated rings. The van der Waals surface area contributed by atoms with Crippen molar-refractivity contribution in [3.8, 4) is 0 Å². The van der Waals surface area contributed by atoms with E-state index in [4.69, 9.17) is 4.42 Å². The van der Waals surface area contributed by atoms with Gasteiger partial charge in [0.15, 0.2) is 5.71 Å². The lowest BCUT2D eigenvalue weighted by atomic mass is 10.1. The average molecular weight is 256 g/mol. The van der Waals surface area contributed by atoms with Crippen LogP contribution in [0.4, 0.5) is 0 Å². The van der Waals surface area contributed by atoms with Crippen molar-refractivity contribution in [1.29, 1.82) is 0 Å². The van der Waals surface area contributed by atoms with Crippen LogP contribution in [0.15, 0.2) is 39.5 Å². The Labute approximate surface area is 112 Å². The lowest BCUT2D eigenvalue weighted by molar-refractivity contribution is -0.537. The number of piperidine rings is 1. The molecule has 0 saturated carbocycles. The van der Waals surface area contributed by atoms with Crippen LogP contribution in [0.5, 0.6) is 0 Å². The Balaban J connectivity index is 2.14. The van der Waals surface area contributed by atoms with E-state index in [2.05, 4.69) is 4.58 Å². The highest BCUT2D eigenvalue weighted by molar-refractivity contribution is 5.97. The summed E-state index contributed by atoms with van der Waals surface area (Å²) in [5.41, 5.74) is 2.16. The lowest BCUT2D eigenvalue weighted by Gasteiger charge is -2.12. The summed E-state index contributed by atoms with van der Waals surface area (Å²) < 4.78 is 7.70. The van der Waals surface area contributed by atoms with Gasteiger partial charge in [-0.1, -0.05) is 18.2 Å². The Morgan fingerprint density at radius 1 is 1.16 bits per heavy atom. The van der Waals surface area contributed by atoms with Gasteiger partial charge in [0.05, 0.1) is 0 Å². The summed E-state index contributed by atoms with van der Waals surface area (Å²) in [6.07, 6.45) is 3.70. The van der Waals surface area contributed by atoms with Crippen molar-refractivity contribution in [1.82, 2.24) is 0 Å². The van der Waals surface area contributed by atoms with Gasteiger partial charge < -0.3 is 4.42 Å². The normalized spacial score (nSPS) is 15.7. The summed E-state index contributed by atoms with van der Waals surface area (Å²) in [5, 5.41) is 0.980. The predicted molar refractivity (Wildman–Crippen MR) is 76.1 cm³/mol. The lowest BCUT2D eigenvalue weighted by Crippen LogP contribution is -2.29. The molecular formula is C16H18NO2+. The summed E-state index contributed by atoms with van der Waals surface area (Å²) in [4.78, 5) is 12.1. The van der Waals surface area contributed by atoms with Crippen LogP contribution >= 0.6 is 0 Å². The quantitative estimate of drug-likeness (QED) is 0.580. The van der Waals surface area contributed by atoms with Gasteiger partial charge in [0.1, 0.15) is 24.2 Å². The Morgan fingerprint density at radius 2 is 1.89 bits per heavy atom. The molecule has 98 valence electrons. The van der Waals surface area contributed by atoms with Gasteiger partial charge in [0.25, 0.3) is 0 Å². The molecule has 0 amide bonds. The molecule has 3 heteroatoms. The van der Waals surface area contributed by atoms with E-state index in [0.717, 1.165) is 24.2 Å². The minimum absolute atomic E-state index is 0.234. The Bertz CT molecular complexity index is 689. The molecule has 0 unspecified atom stereocenters. The molecule has 3 rings (SSSR count). The minimum atomic E-state index is -0.234. The summed E-state index contributed by atoms with van der Waals surface area (Å²) in [5.74, 6) is 0. The van der Waals surface area contributed by atoms with E-state index in [0.29, 0.717) is 11.1 Å². The van der Waals surface area contributed by atoms with Crippen LogP contribution in [-0.2, 0) is 0 Å². The zero-order chi connectivity index (χ0) is 13.2. The molecule has 0 radical (unpaired) electrons. The fourth-order valence-corrected chi connectivity index (χ4v) is 2.71. The Morgan fingerprint density at radius 3 is 2.68 bits per heavy atom. The first kappa shape index (κ1) is 12.2. The van der Waals surface area contributed by atoms with Crippen molar-refractivity contribution in [2.24, 2.45) is 0 Å². The molecular weight excluding hydrogens is 238 g/mol. The Hall–Kier alpha value is -1.90. The van der Waals surface area contributed by atoms with Gasteiger partial charge in [-0.2, -0.15) is 0 Å². The maximum absolute atomic E-state index is 12.1. The number of nitrogens with zero attached hydrogens (tertiary/aromatic N) is 1. The number of para-hydroxylation sites is 1. The van der Waals surface area contributed by atoms with Crippen molar-refractivity contribution in [3.05, 3.63) is 46.3 Å². The van der Waals surface area contributed by atoms with Crippen LogP contribution in [-0.4, -0.2) is 23.4 Å². The molecule has 0 bridgehead atoms. The second-order valence-electron chi connectivity index (χ2n) is 5.12. The van der Waals surface area contributed by atoms with Gasteiger partial charge in [-0.15, -0.1) is 0 Å². The van der Waals surface area contributed by atoms with Gasteiger partial charge in [-0.05, 0) is 18.6 Å². The number of hydrogen-bond donors (Lipinski definition) is 0. The SMILES string of the molecule is CC(c1cc2ccccc2oc1=O)=[N+]1CCCCC1. The van der Waals surface area contributed by atoms with Crippen LogP contribution < -0.4 is 5.63 Å². The highest BCUT2D eigenvalue weighted by Crippen LogP contribution is 2.14. The molecule has 1 saturated heterocycles. The van der Waals surface area contributed by atoms with Crippen LogP contribution in [0.3, 0.4) is 0 Å². The molecule has 1 aromatic carbocycles. The summed E-state index contributed by atoms with van der Waals surface area (Å²) in [7, 11) is 0. The molecule has 0 aliphatic carbocycles. The molecule has 1 aliphatic rings. The summed E-state index contributed by atoms with van der Waals surface area (Å²) in [6.45, 7) is 4.10. The molecule has 2 heterocycles. The first-order chi connectivity index (χ1) is 9.25. The van der Waals surface area contributed by atoms with E-state index in [9.17, 15) is 4.79 Å². The fourth-order valence-electron chi connectivity index (χ4n) is 2.71. The van der Waals surface area contributed by atoms with Gasteiger partial charge >= 0.3 is 5.63 Å². The standard InChI is InChI=1S/C16H18NO2/c1-12(17-9-5-2-6-10-17)14-11-13-7-3-4-8-15(13)19-16(14)18/h3-4,7-8,11H,2,5-6,9-10H2,1H3/q+1. The highest BCUT2D eigenvalue weighted by atomic mass is 16.4. The van der Waals surface area contributed by atoms with E-state index >= 15 is 0 Å². The zero-order valence-corrected chi connectivity index (χ0v) is 11.2. The molecule has 2 aromatic rings. The fraction of sp³-hybridized carbons (Fsp3) is 0.375. The summed E-state index contributed by atoms with van der Waals surface area (Å²) >= 11 is 0. The molecule has 1 aromatic heterocycles. The zero-order valence-electron chi connectivity index (χ0n) is 11.2. The third-order valence-electron chi connectivity index (χ3n) is 3.86. The van der Waals surface area contributed by atoms with E-state index in [1.807, 2.05) is 37.3 Å². The van der Waals surface area contributed by atoms with Crippen molar-refractivity contribution < 1.29 is 8.99 Å². The molecule has 0 atom stereocenters. The Kier molecular flexibility index (Phi) is 3.20. The summed E-state index contributed by atoms with van der Waals surface area (Å²) in [6, 6.07) is 9.60.